The van der Waals surface area contributed by atoms with Gasteiger partial charge in [0.2, 0.25) is 0 Å². The molecule has 1 heterocycles. The minimum Gasteiger partial charge on any atom is -0.493 e. The Bertz CT molecular complexity index is 1120. The van der Waals surface area contributed by atoms with Gasteiger partial charge in [-0.15, -0.1) is 10.2 Å². The number of methoxy groups -OCH3 is 1. The molecule has 1 aromatic heterocycles. The van der Waals surface area contributed by atoms with Crippen molar-refractivity contribution in [3.05, 3.63) is 82.9 Å². The number of nitrogens with zero attached hydrogens (tertiary/aromatic N) is 4. The van der Waals surface area contributed by atoms with E-state index >= 15 is 0 Å². The molecule has 0 unspecified atom stereocenters. The highest BCUT2D eigenvalue weighted by Gasteiger charge is 2.12. The zero-order chi connectivity index (χ0) is 19.3. The molecule has 7 heteroatoms. The maximum atomic E-state index is 6.12. The third-order valence-electron chi connectivity index (χ3n) is 4.25. The van der Waals surface area contributed by atoms with Crippen LogP contribution in [0.3, 0.4) is 0 Å². The molecule has 0 amide bonds. The molecule has 0 atom stereocenters. The summed E-state index contributed by atoms with van der Waals surface area (Å²) in [5.41, 5.74) is 1.97. The van der Waals surface area contributed by atoms with Crippen LogP contribution in [0.2, 0.25) is 0 Å². The van der Waals surface area contributed by atoms with Gasteiger partial charge in [0, 0.05) is 0 Å². The summed E-state index contributed by atoms with van der Waals surface area (Å²) in [5.74, 6) is 1.27. The van der Waals surface area contributed by atoms with Gasteiger partial charge in [-0.05, 0) is 50.0 Å². The average Bonchev–Trinajstić information content (AvgIpc) is 3.25. The summed E-state index contributed by atoms with van der Waals surface area (Å²) >= 11 is 3.58. The Labute approximate surface area is 170 Å². The fraction of sp³-hybridized carbons (Fsp3) is 0.0952. The molecule has 0 bridgehead atoms. The van der Waals surface area contributed by atoms with Crippen LogP contribution in [0.4, 0.5) is 0 Å². The first-order valence-electron chi connectivity index (χ1n) is 8.60. The first-order valence-corrected chi connectivity index (χ1v) is 9.40. The fourth-order valence-electron chi connectivity index (χ4n) is 2.91. The third-order valence-corrected chi connectivity index (χ3v) is 4.84. The van der Waals surface area contributed by atoms with Gasteiger partial charge in [0.15, 0.2) is 11.5 Å². The molecule has 3 aromatic carbocycles. The van der Waals surface area contributed by atoms with Crippen molar-refractivity contribution in [3.8, 4) is 11.5 Å². The molecule has 140 valence electrons. The van der Waals surface area contributed by atoms with Gasteiger partial charge in [0.1, 0.15) is 19.3 Å². The smallest absolute Gasteiger partial charge is 0.175 e. The predicted molar refractivity (Wildman–Crippen MR) is 112 cm³/mol. The number of ether oxygens (including phenoxy) is 2. The Morgan fingerprint density at radius 2 is 1.86 bits per heavy atom. The van der Waals surface area contributed by atoms with Crippen molar-refractivity contribution >= 4 is 32.9 Å². The first-order chi connectivity index (χ1) is 13.7. The summed E-state index contributed by atoms with van der Waals surface area (Å²) in [6.45, 7) is 0.435. The summed E-state index contributed by atoms with van der Waals surface area (Å²) in [7, 11) is 1.62. The van der Waals surface area contributed by atoms with Crippen molar-refractivity contribution in [3.63, 3.8) is 0 Å². The lowest BCUT2D eigenvalue weighted by Gasteiger charge is -2.14. The number of hydrogen-bond donors (Lipinski definition) is 0. The van der Waals surface area contributed by atoms with Gasteiger partial charge >= 0.3 is 0 Å². The maximum Gasteiger partial charge on any atom is 0.175 e. The minimum atomic E-state index is 0.435. The lowest BCUT2D eigenvalue weighted by molar-refractivity contribution is 0.283. The van der Waals surface area contributed by atoms with Crippen molar-refractivity contribution in [1.82, 2.24) is 14.9 Å². The van der Waals surface area contributed by atoms with Gasteiger partial charge in [-0.25, -0.2) is 4.68 Å². The van der Waals surface area contributed by atoms with E-state index in [9.17, 15) is 0 Å². The van der Waals surface area contributed by atoms with Crippen molar-refractivity contribution < 1.29 is 9.47 Å². The second kappa shape index (κ2) is 8.22. The molecule has 28 heavy (non-hydrogen) atoms. The second-order valence-electron chi connectivity index (χ2n) is 6.05. The van der Waals surface area contributed by atoms with Crippen molar-refractivity contribution in [1.29, 1.82) is 0 Å². The van der Waals surface area contributed by atoms with Gasteiger partial charge in [0.25, 0.3) is 0 Å². The summed E-state index contributed by atoms with van der Waals surface area (Å²) in [5, 5.41) is 14.1. The van der Waals surface area contributed by atoms with Crippen LogP contribution >= 0.6 is 15.9 Å². The van der Waals surface area contributed by atoms with Crippen molar-refractivity contribution in [2.45, 2.75) is 6.61 Å². The Morgan fingerprint density at radius 3 is 2.68 bits per heavy atom. The molecule has 4 rings (SSSR count). The molecule has 6 nitrogen and oxygen atoms in total. The highest BCUT2D eigenvalue weighted by atomic mass is 79.9. The van der Waals surface area contributed by atoms with E-state index < -0.39 is 0 Å². The van der Waals surface area contributed by atoms with E-state index in [2.05, 4.69) is 55.5 Å². The maximum absolute atomic E-state index is 6.12. The quantitative estimate of drug-likeness (QED) is 0.412. The van der Waals surface area contributed by atoms with Crippen molar-refractivity contribution in [2.24, 2.45) is 5.10 Å². The van der Waals surface area contributed by atoms with Crippen LogP contribution in [0.5, 0.6) is 11.5 Å². The average molecular weight is 437 g/mol. The number of aromatic nitrogens is 3. The number of fused-ring (bicyclic) bond motifs is 1. The zero-order valence-corrected chi connectivity index (χ0v) is 16.7. The van der Waals surface area contributed by atoms with Gasteiger partial charge in [-0.2, -0.15) is 5.10 Å². The molecule has 0 fully saturated rings. The number of rotatable bonds is 6. The van der Waals surface area contributed by atoms with Crippen molar-refractivity contribution in [2.75, 3.05) is 7.11 Å². The van der Waals surface area contributed by atoms with E-state index in [4.69, 9.17) is 9.47 Å². The molecule has 0 radical (unpaired) electrons. The van der Waals surface area contributed by atoms with Gasteiger partial charge in [-0.1, -0.05) is 42.5 Å². The molecule has 0 aliphatic heterocycles. The van der Waals surface area contributed by atoms with Crippen LogP contribution in [0, 0.1) is 0 Å². The lowest BCUT2D eigenvalue weighted by atomic mass is 10.1. The van der Waals surface area contributed by atoms with Crippen LogP contribution < -0.4 is 9.47 Å². The fourth-order valence-corrected chi connectivity index (χ4v) is 3.49. The predicted octanol–water partition coefficient (Wildman–Crippen LogP) is 4.66. The molecule has 0 N–H and O–H groups in total. The summed E-state index contributed by atoms with van der Waals surface area (Å²) in [6, 6.07) is 18.3. The first kappa shape index (κ1) is 18.2. The zero-order valence-electron chi connectivity index (χ0n) is 15.1. The Hall–Kier alpha value is -3.19. The summed E-state index contributed by atoms with van der Waals surface area (Å²) < 4.78 is 14.0. The van der Waals surface area contributed by atoms with Crippen LogP contribution in [0.25, 0.3) is 10.8 Å². The van der Waals surface area contributed by atoms with E-state index in [0.29, 0.717) is 18.1 Å². The van der Waals surface area contributed by atoms with Gasteiger partial charge < -0.3 is 9.47 Å². The minimum absolute atomic E-state index is 0.435. The van der Waals surface area contributed by atoms with Crippen LogP contribution in [-0.4, -0.2) is 28.2 Å². The Kier molecular flexibility index (Phi) is 5.34. The molecule has 0 saturated carbocycles. The highest BCUT2D eigenvalue weighted by molar-refractivity contribution is 9.10. The number of hydrogen-bond acceptors (Lipinski definition) is 5. The summed E-state index contributed by atoms with van der Waals surface area (Å²) in [4.78, 5) is 0. The van der Waals surface area contributed by atoms with E-state index in [-0.39, 0.29) is 0 Å². The number of benzene rings is 3. The van der Waals surface area contributed by atoms with Crippen LogP contribution in [0.1, 0.15) is 11.1 Å². The standard InChI is InChI=1S/C21H17BrN4O2/c1-27-20-10-15(11-25-26-13-23-24-14-26)9-19(22)21(20)28-12-17-7-4-6-16-5-2-3-8-18(16)17/h2-11,13-14H,12H2,1H3/b25-11-. The highest BCUT2D eigenvalue weighted by Crippen LogP contribution is 2.37. The van der Waals surface area contributed by atoms with E-state index in [1.54, 1.807) is 13.3 Å². The van der Waals surface area contributed by atoms with Gasteiger partial charge in [-0.3, -0.25) is 0 Å². The molecule has 0 aliphatic rings. The molecule has 4 aromatic rings. The molecular formula is C21H17BrN4O2. The largest absolute Gasteiger partial charge is 0.493 e. The molecular weight excluding hydrogens is 420 g/mol. The third kappa shape index (κ3) is 3.89. The molecule has 0 spiro atoms. The molecule has 0 saturated heterocycles. The van der Waals surface area contributed by atoms with E-state index in [1.807, 2.05) is 30.3 Å². The Balaban J connectivity index is 1.59. The lowest BCUT2D eigenvalue weighted by Crippen LogP contribution is -2.00. The number of halogens is 1. The molecule has 0 aliphatic carbocycles. The monoisotopic (exact) mass is 436 g/mol. The normalized spacial score (nSPS) is 11.2. The van der Waals surface area contributed by atoms with E-state index in [1.165, 1.54) is 28.1 Å². The SMILES string of the molecule is COc1cc(/C=N\n2cnnc2)cc(Br)c1OCc1cccc2ccccc12. The van der Waals surface area contributed by atoms with Gasteiger partial charge in [0.05, 0.1) is 17.8 Å². The van der Waals surface area contributed by atoms with Crippen LogP contribution in [-0.2, 0) is 6.61 Å². The summed E-state index contributed by atoms with van der Waals surface area (Å²) in [6.07, 6.45) is 4.74. The van der Waals surface area contributed by atoms with E-state index in [0.717, 1.165) is 15.6 Å². The van der Waals surface area contributed by atoms with Crippen LogP contribution in [0.15, 0.2) is 76.8 Å². The second-order valence-corrected chi connectivity index (χ2v) is 6.90. The topological polar surface area (TPSA) is 61.5 Å². The Morgan fingerprint density at radius 1 is 1.07 bits per heavy atom.